The molecule has 1 aliphatic heterocycles. The van der Waals surface area contributed by atoms with Gasteiger partial charge in [-0.3, -0.25) is 0 Å². The highest BCUT2D eigenvalue weighted by molar-refractivity contribution is 4.93. The molecule has 1 heterocycles. The van der Waals surface area contributed by atoms with E-state index < -0.39 is 37.3 Å². The predicted molar refractivity (Wildman–Crippen MR) is 79.9 cm³/mol. The summed E-state index contributed by atoms with van der Waals surface area (Å²) in [4.78, 5) is 2.65. The van der Waals surface area contributed by atoms with E-state index in [2.05, 4.69) is 16.6 Å². The molecule has 1 rings (SSSR count). The fourth-order valence-electron chi connectivity index (χ4n) is 2.33. The summed E-state index contributed by atoms with van der Waals surface area (Å²) in [6.07, 6.45) is 2.25. The molecule has 3 unspecified atom stereocenters. The van der Waals surface area contributed by atoms with Crippen molar-refractivity contribution in [1.82, 2.24) is 0 Å². The summed E-state index contributed by atoms with van der Waals surface area (Å²) in [5, 5.41) is 32.3. The summed E-state index contributed by atoms with van der Waals surface area (Å²) in [6.45, 7) is 3.59. The van der Waals surface area contributed by atoms with Crippen LogP contribution in [0.1, 0.15) is 32.1 Å². The number of rotatable bonds is 10. The van der Waals surface area contributed by atoms with Crippen LogP contribution in [0, 0.1) is 0 Å². The standard InChI is InChI=1S/C14H25N3O5/c1-2-3-4-5-6-7-8-21-14-11(16-17-15)13(20)12(19)10(9-18)22-14/h2,10-14,18-20H,1,3-9H2/t10?,11?,12-,13+,14?/m0/s1. The van der Waals surface area contributed by atoms with Crippen molar-refractivity contribution in [1.29, 1.82) is 0 Å². The van der Waals surface area contributed by atoms with E-state index in [-0.39, 0.29) is 0 Å². The Hall–Kier alpha value is -1.15. The summed E-state index contributed by atoms with van der Waals surface area (Å²) in [5.41, 5.74) is 8.55. The number of unbranched alkanes of at least 4 members (excludes halogenated alkanes) is 4. The van der Waals surface area contributed by atoms with Gasteiger partial charge in [0.25, 0.3) is 0 Å². The molecule has 0 radical (unpaired) electrons. The maximum absolute atomic E-state index is 9.94. The SMILES string of the molecule is C=CCCCCCCOC1OC(CO)[C@H](O)[C@H](O)C1N=[N+]=[N-]. The average Bonchev–Trinajstić information content (AvgIpc) is 2.52. The third-order valence-electron chi connectivity index (χ3n) is 3.62. The second kappa shape index (κ2) is 10.6. The average molecular weight is 315 g/mol. The molecular weight excluding hydrogens is 290 g/mol. The zero-order valence-corrected chi connectivity index (χ0v) is 12.6. The van der Waals surface area contributed by atoms with Gasteiger partial charge in [-0.15, -0.1) is 6.58 Å². The summed E-state index contributed by atoms with van der Waals surface area (Å²) < 4.78 is 10.9. The molecule has 1 fully saturated rings. The van der Waals surface area contributed by atoms with Gasteiger partial charge in [-0.05, 0) is 24.8 Å². The minimum absolute atomic E-state index is 0.386. The molecule has 0 aliphatic carbocycles. The predicted octanol–water partition coefficient (Wildman–Crippen LogP) is 1.26. The van der Waals surface area contributed by atoms with E-state index in [1.165, 1.54) is 0 Å². The second-order valence-electron chi connectivity index (χ2n) is 5.26. The molecule has 22 heavy (non-hydrogen) atoms. The first-order chi connectivity index (χ1) is 10.7. The lowest BCUT2D eigenvalue weighted by atomic mass is 9.98. The van der Waals surface area contributed by atoms with Crippen molar-refractivity contribution >= 4 is 0 Å². The van der Waals surface area contributed by atoms with Gasteiger partial charge in [0.05, 0.1) is 12.7 Å². The number of aliphatic hydroxyl groups excluding tert-OH is 3. The lowest BCUT2D eigenvalue weighted by Crippen LogP contribution is -2.58. The van der Waals surface area contributed by atoms with Gasteiger partial charge in [0, 0.05) is 11.5 Å². The molecule has 0 aromatic carbocycles. The van der Waals surface area contributed by atoms with Gasteiger partial charge in [0.2, 0.25) is 0 Å². The number of allylic oxidation sites excluding steroid dienone is 1. The van der Waals surface area contributed by atoms with Crippen LogP contribution in [-0.4, -0.2) is 59.2 Å². The number of azide groups is 1. The molecule has 0 amide bonds. The van der Waals surface area contributed by atoms with Crippen LogP contribution in [0.3, 0.4) is 0 Å². The van der Waals surface area contributed by atoms with Crippen LogP contribution in [-0.2, 0) is 9.47 Å². The lowest BCUT2D eigenvalue weighted by Gasteiger charge is -2.40. The molecular formula is C14H25N3O5. The van der Waals surface area contributed by atoms with Crippen LogP contribution in [0.2, 0.25) is 0 Å². The molecule has 5 atom stereocenters. The van der Waals surface area contributed by atoms with Crippen LogP contribution >= 0.6 is 0 Å². The van der Waals surface area contributed by atoms with Crippen molar-refractivity contribution in [3.8, 4) is 0 Å². The van der Waals surface area contributed by atoms with E-state index in [1.807, 2.05) is 6.08 Å². The number of aliphatic hydroxyl groups is 3. The van der Waals surface area contributed by atoms with Crippen molar-refractivity contribution < 1.29 is 24.8 Å². The molecule has 0 saturated carbocycles. The van der Waals surface area contributed by atoms with E-state index in [0.29, 0.717) is 6.61 Å². The second-order valence-corrected chi connectivity index (χ2v) is 5.26. The Morgan fingerprint density at radius 2 is 1.95 bits per heavy atom. The Kier molecular flexibility index (Phi) is 9.07. The molecule has 8 nitrogen and oxygen atoms in total. The minimum atomic E-state index is -1.33. The summed E-state index contributed by atoms with van der Waals surface area (Å²) in [6, 6.07) is -1.04. The highest BCUT2D eigenvalue weighted by atomic mass is 16.7. The Bertz CT molecular complexity index is 375. The monoisotopic (exact) mass is 315 g/mol. The van der Waals surface area contributed by atoms with Crippen LogP contribution in [0.4, 0.5) is 0 Å². The first-order valence-corrected chi connectivity index (χ1v) is 7.54. The molecule has 0 bridgehead atoms. The van der Waals surface area contributed by atoms with Crippen LogP contribution < -0.4 is 0 Å². The molecule has 0 spiro atoms. The summed E-state index contributed by atoms with van der Waals surface area (Å²) >= 11 is 0. The maximum atomic E-state index is 9.94. The van der Waals surface area contributed by atoms with E-state index >= 15 is 0 Å². The Morgan fingerprint density at radius 1 is 1.23 bits per heavy atom. The number of hydrogen-bond acceptors (Lipinski definition) is 6. The van der Waals surface area contributed by atoms with Gasteiger partial charge in [0.15, 0.2) is 6.29 Å². The zero-order chi connectivity index (χ0) is 16.4. The van der Waals surface area contributed by atoms with Crippen LogP contribution in [0.25, 0.3) is 10.4 Å². The topological polar surface area (TPSA) is 128 Å². The van der Waals surface area contributed by atoms with Gasteiger partial charge in [-0.1, -0.05) is 24.0 Å². The highest BCUT2D eigenvalue weighted by Crippen LogP contribution is 2.24. The maximum Gasteiger partial charge on any atom is 0.169 e. The van der Waals surface area contributed by atoms with E-state index in [1.54, 1.807) is 0 Å². The van der Waals surface area contributed by atoms with E-state index in [9.17, 15) is 10.2 Å². The largest absolute Gasteiger partial charge is 0.394 e. The molecule has 3 N–H and O–H groups in total. The molecule has 1 aliphatic rings. The first kappa shape index (κ1) is 18.9. The minimum Gasteiger partial charge on any atom is -0.394 e. The van der Waals surface area contributed by atoms with Gasteiger partial charge < -0.3 is 24.8 Å². The third kappa shape index (κ3) is 5.57. The van der Waals surface area contributed by atoms with Gasteiger partial charge >= 0.3 is 0 Å². The van der Waals surface area contributed by atoms with Crippen molar-refractivity contribution in [2.24, 2.45) is 5.11 Å². The van der Waals surface area contributed by atoms with Crippen molar-refractivity contribution in [2.75, 3.05) is 13.2 Å². The van der Waals surface area contributed by atoms with Crippen molar-refractivity contribution in [2.45, 2.75) is 62.7 Å². The Morgan fingerprint density at radius 3 is 2.59 bits per heavy atom. The van der Waals surface area contributed by atoms with E-state index in [4.69, 9.17) is 20.1 Å². The van der Waals surface area contributed by atoms with Gasteiger partial charge in [-0.25, -0.2) is 0 Å². The van der Waals surface area contributed by atoms with Crippen molar-refractivity contribution in [3.05, 3.63) is 23.1 Å². The molecule has 0 aromatic heterocycles. The van der Waals surface area contributed by atoms with Crippen LogP contribution in [0.15, 0.2) is 17.8 Å². The fourth-order valence-corrected chi connectivity index (χ4v) is 2.33. The third-order valence-corrected chi connectivity index (χ3v) is 3.62. The zero-order valence-electron chi connectivity index (χ0n) is 12.6. The van der Waals surface area contributed by atoms with Gasteiger partial charge in [0.1, 0.15) is 18.2 Å². The summed E-state index contributed by atoms with van der Waals surface area (Å²) in [7, 11) is 0. The number of nitrogens with zero attached hydrogens (tertiary/aromatic N) is 3. The Labute approximate surface area is 130 Å². The Balaban J connectivity index is 2.43. The lowest BCUT2D eigenvalue weighted by molar-refractivity contribution is -0.265. The van der Waals surface area contributed by atoms with Gasteiger partial charge in [-0.2, -0.15) is 0 Å². The number of ether oxygens (including phenoxy) is 2. The molecule has 0 aromatic rings. The first-order valence-electron chi connectivity index (χ1n) is 7.54. The molecule has 8 heteroatoms. The van der Waals surface area contributed by atoms with Crippen molar-refractivity contribution in [3.63, 3.8) is 0 Å². The smallest absolute Gasteiger partial charge is 0.169 e. The molecule has 1 saturated heterocycles. The summed E-state index contributed by atoms with van der Waals surface area (Å²) in [5.74, 6) is 0. The van der Waals surface area contributed by atoms with E-state index in [0.717, 1.165) is 32.1 Å². The normalized spacial score (nSPS) is 31.5. The fraction of sp³-hybridized carbons (Fsp3) is 0.857. The highest BCUT2D eigenvalue weighted by Gasteiger charge is 2.44. The number of hydrogen-bond donors (Lipinski definition) is 3. The quantitative estimate of drug-likeness (QED) is 0.184. The molecule has 126 valence electrons. The van der Waals surface area contributed by atoms with Crippen LogP contribution in [0.5, 0.6) is 0 Å².